The molecule has 0 aromatic rings. The molecule has 2 N–H and O–H groups in total. The number of nitrogens with one attached hydrogen (secondary N) is 2. The maximum Gasteiger partial charge on any atom is 0.0153 e. The molecule has 0 spiro atoms. The van der Waals surface area contributed by atoms with E-state index in [0.29, 0.717) is 5.54 Å². The van der Waals surface area contributed by atoms with Crippen molar-refractivity contribution < 1.29 is 0 Å². The largest absolute Gasteiger partial charge is 0.316 e. The van der Waals surface area contributed by atoms with E-state index in [0.717, 1.165) is 11.8 Å². The molecule has 82 valence electrons. The van der Waals surface area contributed by atoms with Gasteiger partial charge in [-0.15, -0.1) is 0 Å². The lowest BCUT2D eigenvalue weighted by Gasteiger charge is -2.42. The van der Waals surface area contributed by atoms with Crippen LogP contribution < -0.4 is 10.6 Å². The zero-order valence-corrected chi connectivity index (χ0v) is 9.60. The molecule has 2 aliphatic rings. The van der Waals surface area contributed by atoms with Gasteiger partial charge in [0.25, 0.3) is 0 Å². The lowest BCUT2D eigenvalue weighted by Crippen LogP contribution is -2.51. The van der Waals surface area contributed by atoms with Crippen molar-refractivity contribution in [3.63, 3.8) is 0 Å². The predicted molar refractivity (Wildman–Crippen MR) is 60.4 cm³/mol. The van der Waals surface area contributed by atoms with Crippen LogP contribution in [0.25, 0.3) is 0 Å². The molecule has 1 saturated carbocycles. The Morgan fingerprint density at radius 3 is 2.79 bits per heavy atom. The Morgan fingerprint density at radius 2 is 2.21 bits per heavy atom. The van der Waals surface area contributed by atoms with E-state index in [1.54, 1.807) is 0 Å². The van der Waals surface area contributed by atoms with Crippen molar-refractivity contribution in [2.45, 2.75) is 45.1 Å². The summed E-state index contributed by atoms with van der Waals surface area (Å²) in [5.74, 6) is 1.74. The summed E-state index contributed by atoms with van der Waals surface area (Å²) in [4.78, 5) is 0. The van der Waals surface area contributed by atoms with E-state index in [4.69, 9.17) is 0 Å². The Bertz CT molecular complexity index is 187. The van der Waals surface area contributed by atoms with Crippen LogP contribution in [0.1, 0.15) is 39.5 Å². The Balaban J connectivity index is 1.73. The molecule has 0 aromatic carbocycles. The van der Waals surface area contributed by atoms with E-state index in [1.807, 2.05) is 0 Å². The highest BCUT2D eigenvalue weighted by molar-refractivity contribution is 4.92. The van der Waals surface area contributed by atoms with Gasteiger partial charge < -0.3 is 10.6 Å². The summed E-state index contributed by atoms with van der Waals surface area (Å²) in [6.07, 6.45) is 5.54. The third-order valence-corrected chi connectivity index (χ3v) is 4.21. The molecule has 1 aliphatic heterocycles. The summed E-state index contributed by atoms with van der Waals surface area (Å²) in [7, 11) is 0. The van der Waals surface area contributed by atoms with Gasteiger partial charge in [-0.1, -0.05) is 6.92 Å². The van der Waals surface area contributed by atoms with Crippen LogP contribution in [-0.4, -0.2) is 25.2 Å². The summed E-state index contributed by atoms with van der Waals surface area (Å²) in [5.41, 5.74) is 0.491. The smallest absolute Gasteiger partial charge is 0.0153 e. The number of hydrogen-bond donors (Lipinski definition) is 2. The highest BCUT2D eigenvalue weighted by Gasteiger charge is 2.32. The summed E-state index contributed by atoms with van der Waals surface area (Å²) in [5, 5.41) is 7.23. The van der Waals surface area contributed by atoms with Crippen molar-refractivity contribution in [3.8, 4) is 0 Å². The van der Waals surface area contributed by atoms with Crippen LogP contribution >= 0.6 is 0 Å². The SMILES string of the molecule is CC1CNCCC1CNC1(C)CCC1. The molecule has 1 aliphatic carbocycles. The van der Waals surface area contributed by atoms with Gasteiger partial charge in [0, 0.05) is 5.54 Å². The maximum absolute atomic E-state index is 3.77. The van der Waals surface area contributed by atoms with E-state index in [9.17, 15) is 0 Å². The second kappa shape index (κ2) is 4.19. The quantitative estimate of drug-likeness (QED) is 0.719. The lowest BCUT2D eigenvalue weighted by molar-refractivity contribution is 0.172. The normalized spacial score (nSPS) is 36.4. The van der Waals surface area contributed by atoms with Gasteiger partial charge in [-0.25, -0.2) is 0 Å². The van der Waals surface area contributed by atoms with Gasteiger partial charge in [-0.3, -0.25) is 0 Å². The first-order chi connectivity index (χ1) is 6.70. The Hall–Kier alpha value is -0.0800. The number of hydrogen-bond acceptors (Lipinski definition) is 2. The molecular weight excluding hydrogens is 172 g/mol. The molecule has 2 unspecified atom stereocenters. The standard InChI is InChI=1S/C12H24N2/c1-10-8-13-7-4-11(10)9-14-12(2)5-3-6-12/h10-11,13-14H,3-9H2,1-2H3. The zero-order valence-electron chi connectivity index (χ0n) is 9.60. The summed E-state index contributed by atoms with van der Waals surface area (Å²) in [6.45, 7) is 8.42. The minimum absolute atomic E-state index is 0.491. The van der Waals surface area contributed by atoms with Gasteiger partial charge in [-0.05, 0) is 64.1 Å². The summed E-state index contributed by atoms with van der Waals surface area (Å²) in [6, 6.07) is 0. The number of piperidine rings is 1. The molecule has 2 atom stereocenters. The Morgan fingerprint density at radius 1 is 1.43 bits per heavy atom. The van der Waals surface area contributed by atoms with Crippen LogP contribution in [0, 0.1) is 11.8 Å². The highest BCUT2D eigenvalue weighted by atomic mass is 15.0. The third kappa shape index (κ3) is 2.29. The van der Waals surface area contributed by atoms with Gasteiger partial charge in [0.1, 0.15) is 0 Å². The second-order valence-electron chi connectivity index (χ2n) is 5.53. The Kier molecular flexibility index (Phi) is 3.13. The van der Waals surface area contributed by atoms with Crippen molar-refractivity contribution in [3.05, 3.63) is 0 Å². The van der Waals surface area contributed by atoms with Crippen LogP contribution in [0.3, 0.4) is 0 Å². The zero-order chi connectivity index (χ0) is 10.0. The van der Waals surface area contributed by atoms with E-state index in [-0.39, 0.29) is 0 Å². The first-order valence-corrected chi connectivity index (χ1v) is 6.15. The molecule has 2 nitrogen and oxygen atoms in total. The monoisotopic (exact) mass is 196 g/mol. The van der Waals surface area contributed by atoms with E-state index in [2.05, 4.69) is 24.5 Å². The van der Waals surface area contributed by atoms with Crippen LogP contribution in [0.15, 0.2) is 0 Å². The minimum Gasteiger partial charge on any atom is -0.316 e. The molecule has 1 heterocycles. The fourth-order valence-corrected chi connectivity index (χ4v) is 2.63. The second-order valence-corrected chi connectivity index (χ2v) is 5.53. The fourth-order valence-electron chi connectivity index (χ4n) is 2.63. The van der Waals surface area contributed by atoms with E-state index >= 15 is 0 Å². The molecule has 14 heavy (non-hydrogen) atoms. The third-order valence-electron chi connectivity index (χ3n) is 4.21. The van der Waals surface area contributed by atoms with Crippen LogP contribution in [0.2, 0.25) is 0 Å². The minimum atomic E-state index is 0.491. The molecule has 2 heteroatoms. The summed E-state index contributed by atoms with van der Waals surface area (Å²) >= 11 is 0. The van der Waals surface area contributed by atoms with Gasteiger partial charge in [0.05, 0.1) is 0 Å². The van der Waals surface area contributed by atoms with Gasteiger partial charge in [-0.2, -0.15) is 0 Å². The first-order valence-electron chi connectivity index (χ1n) is 6.15. The maximum atomic E-state index is 3.77. The topological polar surface area (TPSA) is 24.1 Å². The molecule has 1 saturated heterocycles. The molecule has 2 fully saturated rings. The van der Waals surface area contributed by atoms with Crippen molar-refractivity contribution in [2.24, 2.45) is 11.8 Å². The molecule has 0 aromatic heterocycles. The lowest BCUT2D eigenvalue weighted by atomic mass is 9.77. The fraction of sp³-hybridized carbons (Fsp3) is 1.00. The first kappa shape index (κ1) is 10.4. The molecular formula is C12H24N2. The average Bonchev–Trinajstić information content (AvgIpc) is 2.14. The summed E-state index contributed by atoms with van der Waals surface area (Å²) < 4.78 is 0. The van der Waals surface area contributed by atoms with Crippen molar-refractivity contribution in [1.82, 2.24) is 10.6 Å². The van der Waals surface area contributed by atoms with Gasteiger partial charge in [0.15, 0.2) is 0 Å². The van der Waals surface area contributed by atoms with E-state index in [1.165, 1.54) is 45.3 Å². The highest BCUT2D eigenvalue weighted by Crippen LogP contribution is 2.31. The molecule has 2 rings (SSSR count). The van der Waals surface area contributed by atoms with Crippen LogP contribution in [-0.2, 0) is 0 Å². The van der Waals surface area contributed by atoms with Gasteiger partial charge in [0.2, 0.25) is 0 Å². The Labute approximate surface area is 87.8 Å². The van der Waals surface area contributed by atoms with Crippen molar-refractivity contribution in [1.29, 1.82) is 0 Å². The van der Waals surface area contributed by atoms with E-state index < -0.39 is 0 Å². The molecule has 0 radical (unpaired) electrons. The number of rotatable bonds is 3. The van der Waals surface area contributed by atoms with Crippen LogP contribution in [0.4, 0.5) is 0 Å². The van der Waals surface area contributed by atoms with Crippen molar-refractivity contribution in [2.75, 3.05) is 19.6 Å². The predicted octanol–water partition coefficient (Wildman–Crippen LogP) is 1.76. The van der Waals surface area contributed by atoms with Gasteiger partial charge >= 0.3 is 0 Å². The average molecular weight is 196 g/mol. The molecule has 0 amide bonds. The molecule has 0 bridgehead atoms. The van der Waals surface area contributed by atoms with Crippen molar-refractivity contribution >= 4 is 0 Å². The van der Waals surface area contributed by atoms with Crippen LogP contribution in [0.5, 0.6) is 0 Å².